The molecule has 4 heteroatoms. The van der Waals surface area contributed by atoms with Crippen molar-refractivity contribution in [1.82, 2.24) is 5.32 Å². The Kier molecular flexibility index (Phi) is 5.91. The number of nitrogens with zero attached hydrogens (tertiary/aromatic N) is 1. The average molecular weight is 403 g/mol. The maximum absolute atomic E-state index is 12.8. The number of thioether (sulfide) groups is 1. The van der Waals surface area contributed by atoms with Gasteiger partial charge in [-0.05, 0) is 48.7 Å². The molecule has 1 aliphatic rings. The molecule has 29 heavy (non-hydrogen) atoms. The standard InChI is InChI=1S/C25H26N2OS/c1-18-7-9-20(10-8-18)17-27-13-14-29-24-12-11-21(15-23(24)27)25(28)26-16-22-6-4-3-5-19(22)2/h3-12,15H,13-14,16-17H2,1-2H3,(H,26,28). The molecule has 0 bridgehead atoms. The summed E-state index contributed by atoms with van der Waals surface area (Å²) in [6.07, 6.45) is 0. The van der Waals surface area contributed by atoms with E-state index in [2.05, 4.69) is 66.5 Å². The predicted octanol–water partition coefficient (Wildman–Crippen LogP) is 5.35. The highest BCUT2D eigenvalue weighted by atomic mass is 32.2. The van der Waals surface area contributed by atoms with E-state index in [0.29, 0.717) is 12.1 Å². The van der Waals surface area contributed by atoms with Crippen LogP contribution < -0.4 is 10.2 Å². The largest absolute Gasteiger partial charge is 0.365 e. The van der Waals surface area contributed by atoms with Crippen LogP contribution in [0.3, 0.4) is 0 Å². The lowest BCUT2D eigenvalue weighted by molar-refractivity contribution is 0.0951. The molecular formula is C25H26N2OS. The molecule has 3 nitrogen and oxygen atoms in total. The molecule has 0 unspecified atom stereocenters. The minimum absolute atomic E-state index is 0.0260. The minimum Gasteiger partial charge on any atom is -0.365 e. The van der Waals surface area contributed by atoms with Gasteiger partial charge in [-0.1, -0.05) is 54.1 Å². The Morgan fingerprint density at radius 3 is 2.62 bits per heavy atom. The van der Waals surface area contributed by atoms with Gasteiger partial charge >= 0.3 is 0 Å². The number of anilines is 1. The van der Waals surface area contributed by atoms with Crippen molar-refractivity contribution in [2.24, 2.45) is 0 Å². The van der Waals surface area contributed by atoms with Crippen molar-refractivity contribution in [3.05, 3.63) is 94.5 Å². The second-order valence-corrected chi connectivity index (χ2v) is 8.68. The third-order valence-electron chi connectivity index (χ3n) is 5.38. The van der Waals surface area contributed by atoms with Crippen molar-refractivity contribution in [2.75, 3.05) is 17.2 Å². The van der Waals surface area contributed by atoms with Crippen LogP contribution in [-0.4, -0.2) is 18.2 Å². The van der Waals surface area contributed by atoms with Crippen LogP contribution in [0.1, 0.15) is 32.6 Å². The zero-order valence-electron chi connectivity index (χ0n) is 16.9. The van der Waals surface area contributed by atoms with E-state index < -0.39 is 0 Å². The molecule has 1 N–H and O–H groups in total. The molecule has 0 saturated heterocycles. The van der Waals surface area contributed by atoms with E-state index in [4.69, 9.17) is 0 Å². The molecular weight excluding hydrogens is 376 g/mol. The summed E-state index contributed by atoms with van der Waals surface area (Å²) >= 11 is 1.86. The fourth-order valence-corrected chi connectivity index (χ4v) is 4.61. The molecule has 3 aromatic rings. The third kappa shape index (κ3) is 4.65. The lowest BCUT2D eigenvalue weighted by Gasteiger charge is -2.31. The summed E-state index contributed by atoms with van der Waals surface area (Å²) in [5, 5.41) is 3.07. The summed E-state index contributed by atoms with van der Waals surface area (Å²) in [4.78, 5) is 16.4. The first-order chi connectivity index (χ1) is 14.1. The Hall–Kier alpha value is -2.72. The summed E-state index contributed by atoms with van der Waals surface area (Å²) in [5.41, 5.74) is 6.78. The van der Waals surface area contributed by atoms with Gasteiger partial charge in [0.25, 0.3) is 5.91 Å². The molecule has 0 atom stereocenters. The molecule has 0 radical (unpaired) electrons. The zero-order valence-corrected chi connectivity index (χ0v) is 17.8. The maximum atomic E-state index is 12.8. The van der Waals surface area contributed by atoms with Crippen LogP contribution in [0.25, 0.3) is 0 Å². The van der Waals surface area contributed by atoms with Crippen molar-refractivity contribution in [3.63, 3.8) is 0 Å². The zero-order chi connectivity index (χ0) is 20.2. The Morgan fingerprint density at radius 2 is 1.83 bits per heavy atom. The second kappa shape index (κ2) is 8.75. The second-order valence-electron chi connectivity index (χ2n) is 7.55. The first-order valence-electron chi connectivity index (χ1n) is 10.0. The lowest BCUT2D eigenvalue weighted by Crippen LogP contribution is -2.29. The van der Waals surface area contributed by atoms with E-state index in [9.17, 15) is 4.79 Å². The minimum atomic E-state index is -0.0260. The number of hydrogen-bond donors (Lipinski definition) is 1. The Labute approximate surface area is 177 Å². The van der Waals surface area contributed by atoms with Crippen molar-refractivity contribution in [1.29, 1.82) is 0 Å². The van der Waals surface area contributed by atoms with Crippen molar-refractivity contribution < 1.29 is 4.79 Å². The van der Waals surface area contributed by atoms with Gasteiger partial charge in [0, 0.05) is 35.8 Å². The van der Waals surface area contributed by atoms with Gasteiger partial charge < -0.3 is 10.2 Å². The van der Waals surface area contributed by atoms with Gasteiger partial charge in [0.1, 0.15) is 0 Å². The van der Waals surface area contributed by atoms with Crippen molar-refractivity contribution in [2.45, 2.75) is 31.8 Å². The number of benzene rings is 3. The topological polar surface area (TPSA) is 32.3 Å². The van der Waals surface area contributed by atoms with Crippen molar-refractivity contribution in [3.8, 4) is 0 Å². The summed E-state index contributed by atoms with van der Waals surface area (Å²) in [6.45, 7) is 6.57. The highest BCUT2D eigenvalue weighted by molar-refractivity contribution is 7.99. The number of carbonyl (C=O) groups is 1. The normalized spacial score (nSPS) is 13.1. The number of amides is 1. The fourth-order valence-electron chi connectivity index (χ4n) is 3.58. The Morgan fingerprint density at radius 1 is 1.03 bits per heavy atom. The van der Waals surface area contributed by atoms with Gasteiger partial charge in [-0.2, -0.15) is 0 Å². The van der Waals surface area contributed by atoms with Gasteiger partial charge in [0.15, 0.2) is 0 Å². The number of rotatable bonds is 5. The van der Waals surface area contributed by atoms with Gasteiger partial charge in [0.05, 0.1) is 5.69 Å². The monoisotopic (exact) mass is 402 g/mol. The number of fused-ring (bicyclic) bond motifs is 1. The smallest absolute Gasteiger partial charge is 0.251 e. The first kappa shape index (κ1) is 19.6. The molecule has 4 rings (SSSR count). The molecule has 0 spiro atoms. The Bertz CT molecular complexity index is 1010. The van der Waals surface area contributed by atoms with E-state index in [-0.39, 0.29) is 5.91 Å². The van der Waals surface area contributed by atoms with Crippen molar-refractivity contribution >= 4 is 23.4 Å². The average Bonchev–Trinajstić information content (AvgIpc) is 2.74. The van der Waals surface area contributed by atoms with Gasteiger partial charge in [-0.15, -0.1) is 11.8 Å². The molecule has 148 valence electrons. The molecule has 0 aliphatic carbocycles. The highest BCUT2D eigenvalue weighted by Gasteiger charge is 2.19. The summed E-state index contributed by atoms with van der Waals surface area (Å²) < 4.78 is 0. The molecule has 3 aromatic carbocycles. The molecule has 1 aliphatic heterocycles. The molecule has 0 aromatic heterocycles. The quantitative estimate of drug-likeness (QED) is 0.625. The molecule has 1 heterocycles. The van der Waals surface area contributed by atoms with E-state index in [0.717, 1.165) is 30.1 Å². The predicted molar refractivity (Wildman–Crippen MR) is 122 cm³/mol. The SMILES string of the molecule is Cc1ccc(CN2CCSc3ccc(C(=O)NCc4ccccc4C)cc32)cc1. The van der Waals surface area contributed by atoms with Crippen LogP contribution in [0.5, 0.6) is 0 Å². The Balaban J connectivity index is 1.50. The number of aryl methyl sites for hydroxylation is 2. The number of nitrogens with one attached hydrogen (secondary N) is 1. The maximum Gasteiger partial charge on any atom is 0.251 e. The van der Waals surface area contributed by atoms with E-state index >= 15 is 0 Å². The number of carbonyl (C=O) groups excluding carboxylic acids is 1. The van der Waals surface area contributed by atoms with Gasteiger partial charge in [-0.3, -0.25) is 4.79 Å². The molecule has 1 amide bonds. The lowest BCUT2D eigenvalue weighted by atomic mass is 10.1. The fraction of sp³-hybridized carbons (Fsp3) is 0.240. The summed E-state index contributed by atoms with van der Waals surface area (Å²) in [6, 6.07) is 22.9. The van der Waals surface area contributed by atoms with Crippen LogP contribution in [0.4, 0.5) is 5.69 Å². The van der Waals surface area contributed by atoms with Crippen LogP contribution >= 0.6 is 11.8 Å². The number of hydrogen-bond acceptors (Lipinski definition) is 3. The molecule has 0 saturated carbocycles. The van der Waals surface area contributed by atoms with E-state index in [1.165, 1.54) is 21.6 Å². The van der Waals surface area contributed by atoms with Crippen LogP contribution in [0.2, 0.25) is 0 Å². The molecule has 0 fully saturated rings. The highest BCUT2D eigenvalue weighted by Crippen LogP contribution is 2.36. The first-order valence-corrected chi connectivity index (χ1v) is 11.0. The van der Waals surface area contributed by atoms with E-state index in [1.807, 2.05) is 36.0 Å². The summed E-state index contributed by atoms with van der Waals surface area (Å²) in [7, 11) is 0. The van der Waals surface area contributed by atoms with Gasteiger partial charge in [-0.25, -0.2) is 0 Å². The van der Waals surface area contributed by atoms with Crippen LogP contribution in [0, 0.1) is 13.8 Å². The van der Waals surface area contributed by atoms with Crippen LogP contribution in [0.15, 0.2) is 71.6 Å². The van der Waals surface area contributed by atoms with E-state index in [1.54, 1.807) is 0 Å². The van der Waals surface area contributed by atoms with Crippen LogP contribution in [-0.2, 0) is 13.1 Å². The van der Waals surface area contributed by atoms with Gasteiger partial charge in [0.2, 0.25) is 0 Å². The summed E-state index contributed by atoms with van der Waals surface area (Å²) in [5.74, 6) is 1.04. The third-order valence-corrected chi connectivity index (χ3v) is 6.42.